The molecule has 0 heterocycles. The van der Waals surface area contributed by atoms with Gasteiger partial charge in [-0.1, -0.05) is 13.8 Å². The monoisotopic (exact) mass is 281 g/mol. The summed E-state index contributed by atoms with van der Waals surface area (Å²) < 4.78 is 11.1. The molecule has 0 fully saturated rings. The molecule has 0 aromatic heterocycles. The summed E-state index contributed by atoms with van der Waals surface area (Å²) in [4.78, 5) is 0. The molecule has 0 saturated heterocycles. The average molecular weight is 281 g/mol. The number of aliphatic hydroxyl groups is 1. The van der Waals surface area contributed by atoms with Crippen molar-refractivity contribution in [3.63, 3.8) is 0 Å². The highest BCUT2D eigenvalue weighted by Crippen LogP contribution is 2.24. The van der Waals surface area contributed by atoms with Crippen molar-refractivity contribution < 1.29 is 14.6 Å². The predicted molar refractivity (Wildman–Crippen MR) is 81.4 cm³/mol. The Bertz CT molecular complexity index is 380. The van der Waals surface area contributed by atoms with Gasteiger partial charge in [-0.15, -0.1) is 0 Å². The maximum absolute atomic E-state index is 8.77. The van der Waals surface area contributed by atoms with Gasteiger partial charge in [0.2, 0.25) is 0 Å². The van der Waals surface area contributed by atoms with Gasteiger partial charge < -0.3 is 19.9 Å². The highest BCUT2D eigenvalue weighted by molar-refractivity contribution is 5.40. The van der Waals surface area contributed by atoms with Crippen molar-refractivity contribution in [1.29, 1.82) is 0 Å². The zero-order valence-corrected chi connectivity index (χ0v) is 12.8. The summed E-state index contributed by atoms with van der Waals surface area (Å²) in [5.41, 5.74) is 1.11. The van der Waals surface area contributed by atoms with Crippen LogP contribution in [0.1, 0.15) is 32.3 Å². The van der Waals surface area contributed by atoms with E-state index in [0.717, 1.165) is 43.0 Å². The predicted octanol–water partition coefficient (Wildman–Crippen LogP) is 2.59. The normalized spacial score (nSPS) is 10.8. The van der Waals surface area contributed by atoms with E-state index in [1.165, 1.54) is 0 Å². The number of unbranched alkanes of at least 4 members (excludes halogenated alkanes) is 1. The fourth-order valence-corrected chi connectivity index (χ4v) is 1.85. The third kappa shape index (κ3) is 6.26. The van der Waals surface area contributed by atoms with Crippen molar-refractivity contribution in [2.75, 3.05) is 26.9 Å². The molecule has 20 heavy (non-hydrogen) atoms. The number of methoxy groups -OCH3 is 1. The number of hydrogen-bond donors (Lipinski definition) is 2. The Morgan fingerprint density at radius 3 is 2.70 bits per heavy atom. The molecule has 0 amide bonds. The van der Waals surface area contributed by atoms with Gasteiger partial charge in [0.05, 0.1) is 13.7 Å². The summed E-state index contributed by atoms with van der Waals surface area (Å²) in [7, 11) is 1.67. The van der Waals surface area contributed by atoms with Crippen LogP contribution in [-0.4, -0.2) is 32.0 Å². The fourth-order valence-electron chi connectivity index (χ4n) is 1.85. The molecule has 0 unspecified atom stereocenters. The number of nitrogens with one attached hydrogen (secondary N) is 1. The molecule has 1 rings (SSSR count). The van der Waals surface area contributed by atoms with Gasteiger partial charge in [-0.05, 0) is 43.5 Å². The van der Waals surface area contributed by atoms with Crippen LogP contribution in [0.2, 0.25) is 0 Å². The van der Waals surface area contributed by atoms with Crippen LogP contribution in [-0.2, 0) is 6.54 Å². The zero-order chi connectivity index (χ0) is 14.8. The lowest BCUT2D eigenvalue weighted by Crippen LogP contribution is -2.19. The second-order valence-electron chi connectivity index (χ2n) is 5.28. The first-order valence-corrected chi connectivity index (χ1v) is 7.28. The smallest absolute Gasteiger partial charge is 0.124 e. The number of hydrogen-bond acceptors (Lipinski definition) is 4. The molecule has 2 N–H and O–H groups in total. The number of benzene rings is 1. The van der Waals surface area contributed by atoms with E-state index >= 15 is 0 Å². The molecule has 0 atom stereocenters. The summed E-state index contributed by atoms with van der Waals surface area (Å²) in [6, 6.07) is 5.87. The molecule has 1 aromatic carbocycles. The second kappa shape index (κ2) is 9.61. The Morgan fingerprint density at radius 1 is 1.25 bits per heavy atom. The molecule has 4 nitrogen and oxygen atoms in total. The van der Waals surface area contributed by atoms with Gasteiger partial charge in [0, 0.05) is 18.7 Å². The Morgan fingerprint density at radius 2 is 2.05 bits per heavy atom. The fraction of sp³-hybridized carbons (Fsp3) is 0.625. The minimum absolute atomic E-state index is 0.217. The molecule has 0 radical (unpaired) electrons. The minimum Gasteiger partial charge on any atom is -0.497 e. The molecule has 0 spiro atoms. The first-order chi connectivity index (χ1) is 9.67. The SMILES string of the molecule is COc1ccc(OCCCCO)c(CNCC(C)C)c1. The lowest BCUT2D eigenvalue weighted by Gasteiger charge is -2.14. The molecule has 114 valence electrons. The summed E-state index contributed by atoms with van der Waals surface area (Å²) in [5, 5.41) is 12.2. The summed E-state index contributed by atoms with van der Waals surface area (Å²) in [6.45, 7) is 6.96. The van der Waals surface area contributed by atoms with Gasteiger partial charge in [0.25, 0.3) is 0 Å². The van der Waals surface area contributed by atoms with Crippen LogP contribution in [0.4, 0.5) is 0 Å². The Balaban J connectivity index is 2.60. The number of aliphatic hydroxyl groups excluding tert-OH is 1. The van der Waals surface area contributed by atoms with Gasteiger partial charge in [-0.2, -0.15) is 0 Å². The third-order valence-electron chi connectivity index (χ3n) is 2.95. The highest BCUT2D eigenvalue weighted by Gasteiger charge is 2.06. The summed E-state index contributed by atoms with van der Waals surface area (Å²) in [6.07, 6.45) is 1.64. The van der Waals surface area contributed by atoms with Crippen molar-refractivity contribution in [2.24, 2.45) is 5.92 Å². The Labute approximate surface area is 122 Å². The van der Waals surface area contributed by atoms with Crippen LogP contribution in [0, 0.1) is 5.92 Å². The van der Waals surface area contributed by atoms with Gasteiger partial charge in [-0.3, -0.25) is 0 Å². The van der Waals surface area contributed by atoms with E-state index < -0.39 is 0 Å². The summed E-state index contributed by atoms with van der Waals surface area (Å²) in [5.74, 6) is 2.35. The van der Waals surface area contributed by atoms with Gasteiger partial charge in [0.1, 0.15) is 11.5 Å². The second-order valence-corrected chi connectivity index (χ2v) is 5.28. The van der Waals surface area contributed by atoms with Gasteiger partial charge in [0.15, 0.2) is 0 Å². The molecule has 0 saturated carbocycles. The minimum atomic E-state index is 0.217. The van der Waals surface area contributed by atoms with Crippen LogP contribution < -0.4 is 14.8 Å². The van der Waals surface area contributed by atoms with E-state index in [9.17, 15) is 0 Å². The maximum atomic E-state index is 8.77. The van der Waals surface area contributed by atoms with E-state index in [-0.39, 0.29) is 6.61 Å². The molecule has 1 aromatic rings. The third-order valence-corrected chi connectivity index (χ3v) is 2.95. The first kappa shape index (κ1) is 16.8. The Hall–Kier alpha value is -1.26. The van der Waals surface area contributed by atoms with Gasteiger partial charge in [-0.25, -0.2) is 0 Å². The van der Waals surface area contributed by atoms with Crippen LogP contribution in [0.3, 0.4) is 0 Å². The maximum Gasteiger partial charge on any atom is 0.124 e. The van der Waals surface area contributed by atoms with Crippen molar-refractivity contribution in [1.82, 2.24) is 5.32 Å². The number of ether oxygens (including phenoxy) is 2. The molecule has 0 aliphatic heterocycles. The van der Waals surface area contributed by atoms with E-state index in [4.69, 9.17) is 14.6 Å². The van der Waals surface area contributed by atoms with Gasteiger partial charge >= 0.3 is 0 Å². The van der Waals surface area contributed by atoms with Crippen LogP contribution in [0.5, 0.6) is 11.5 Å². The molecule has 0 bridgehead atoms. The first-order valence-electron chi connectivity index (χ1n) is 7.28. The van der Waals surface area contributed by atoms with E-state index in [1.807, 2.05) is 18.2 Å². The molecule has 4 heteroatoms. The topological polar surface area (TPSA) is 50.7 Å². The zero-order valence-electron chi connectivity index (χ0n) is 12.8. The van der Waals surface area contributed by atoms with Crippen LogP contribution in [0.15, 0.2) is 18.2 Å². The van der Waals surface area contributed by atoms with Crippen LogP contribution in [0.25, 0.3) is 0 Å². The van der Waals surface area contributed by atoms with Crippen molar-refractivity contribution in [2.45, 2.75) is 33.2 Å². The lowest BCUT2D eigenvalue weighted by molar-refractivity contribution is 0.252. The van der Waals surface area contributed by atoms with E-state index in [1.54, 1.807) is 7.11 Å². The van der Waals surface area contributed by atoms with Crippen molar-refractivity contribution in [3.8, 4) is 11.5 Å². The average Bonchev–Trinajstić information content (AvgIpc) is 2.44. The highest BCUT2D eigenvalue weighted by atomic mass is 16.5. The molecule has 0 aliphatic carbocycles. The quantitative estimate of drug-likeness (QED) is 0.647. The van der Waals surface area contributed by atoms with Crippen LogP contribution >= 0.6 is 0 Å². The number of rotatable bonds is 10. The van der Waals surface area contributed by atoms with E-state index in [2.05, 4.69) is 19.2 Å². The van der Waals surface area contributed by atoms with Crippen molar-refractivity contribution in [3.05, 3.63) is 23.8 Å². The lowest BCUT2D eigenvalue weighted by atomic mass is 10.1. The van der Waals surface area contributed by atoms with E-state index in [0.29, 0.717) is 12.5 Å². The summed E-state index contributed by atoms with van der Waals surface area (Å²) >= 11 is 0. The van der Waals surface area contributed by atoms with Crippen molar-refractivity contribution >= 4 is 0 Å². The molecular formula is C16H27NO3. The standard InChI is InChI=1S/C16H27NO3/c1-13(2)11-17-12-14-10-15(19-3)6-7-16(14)20-9-5-4-8-18/h6-7,10,13,17-18H,4-5,8-9,11-12H2,1-3H3. The largest absolute Gasteiger partial charge is 0.497 e. The molecule has 0 aliphatic rings. The molecular weight excluding hydrogens is 254 g/mol. The Kier molecular flexibility index (Phi) is 8.07.